The van der Waals surface area contributed by atoms with Crippen molar-refractivity contribution in [1.82, 2.24) is 9.44 Å². The molecule has 8 nitrogen and oxygen atoms in total. The predicted molar refractivity (Wildman–Crippen MR) is 56.7 cm³/mol. The lowest BCUT2D eigenvalue weighted by molar-refractivity contribution is 0.158. The van der Waals surface area contributed by atoms with Gasteiger partial charge in [0.25, 0.3) is 0 Å². The molecule has 0 heterocycles. The number of hydrogen-bond donors (Lipinski definition) is 4. The van der Waals surface area contributed by atoms with Crippen molar-refractivity contribution < 1.29 is 23.1 Å². The smallest absolute Gasteiger partial charge is 0.421 e. The van der Waals surface area contributed by atoms with Gasteiger partial charge in [-0.15, -0.1) is 0 Å². The van der Waals surface area contributed by atoms with E-state index in [9.17, 15) is 13.2 Å². The minimum Gasteiger partial charge on any atom is -0.449 e. The maximum Gasteiger partial charge on any atom is 0.421 e. The van der Waals surface area contributed by atoms with Crippen LogP contribution in [0.2, 0.25) is 0 Å². The van der Waals surface area contributed by atoms with Crippen molar-refractivity contribution in [3.63, 3.8) is 0 Å². The van der Waals surface area contributed by atoms with E-state index in [4.69, 9.17) is 10.8 Å². The molecule has 1 amide bonds. The Hall–Kier alpha value is -0.900. The number of aliphatic hydroxyl groups excluding tert-OH is 1. The van der Waals surface area contributed by atoms with Crippen LogP contribution in [0.15, 0.2) is 0 Å². The van der Waals surface area contributed by atoms with Crippen LogP contribution >= 0.6 is 0 Å². The molecule has 16 heavy (non-hydrogen) atoms. The molecule has 0 aliphatic carbocycles. The second-order valence-electron chi connectivity index (χ2n) is 3.08. The summed E-state index contributed by atoms with van der Waals surface area (Å²) in [5.41, 5.74) is 5.39. The summed E-state index contributed by atoms with van der Waals surface area (Å²) in [6.45, 7) is 2.85. The van der Waals surface area contributed by atoms with Crippen molar-refractivity contribution in [3.8, 4) is 0 Å². The summed E-state index contributed by atoms with van der Waals surface area (Å²) >= 11 is 0. The third-order valence-corrected chi connectivity index (χ3v) is 2.60. The number of carbonyl (C=O) groups is 1. The molecule has 0 aromatic carbocycles. The molecule has 0 spiro atoms. The van der Waals surface area contributed by atoms with Crippen LogP contribution in [0.1, 0.15) is 13.8 Å². The lowest BCUT2D eigenvalue weighted by Gasteiger charge is -2.15. The van der Waals surface area contributed by atoms with Crippen molar-refractivity contribution in [1.29, 1.82) is 0 Å². The number of aliphatic hydroxyl groups is 1. The van der Waals surface area contributed by atoms with E-state index in [1.54, 1.807) is 11.6 Å². The zero-order valence-corrected chi connectivity index (χ0v) is 9.95. The molecule has 0 radical (unpaired) electrons. The largest absolute Gasteiger partial charge is 0.449 e. The molecule has 0 bridgehead atoms. The Balaban J connectivity index is 4.11. The maximum atomic E-state index is 11.2. The lowest BCUT2D eigenvalue weighted by atomic mass is 10.2. The maximum absolute atomic E-state index is 11.2. The Bertz CT molecular complexity index is 316. The molecule has 5 N–H and O–H groups in total. The van der Waals surface area contributed by atoms with Gasteiger partial charge in [0, 0.05) is 12.6 Å². The van der Waals surface area contributed by atoms with Gasteiger partial charge >= 0.3 is 16.3 Å². The first-order valence-corrected chi connectivity index (χ1v) is 6.14. The van der Waals surface area contributed by atoms with Gasteiger partial charge < -0.3 is 15.6 Å². The first-order valence-electron chi connectivity index (χ1n) is 4.66. The fourth-order valence-corrected chi connectivity index (χ4v) is 1.45. The average molecular weight is 255 g/mol. The molecule has 96 valence electrons. The van der Waals surface area contributed by atoms with Gasteiger partial charge in [0.15, 0.2) is 0 Å². The molecule has 9 heteroatoms. The second kappa shape index (κ2) is 6.63. The molecule has 0 saturated carbocycles. The van der Waals surface area contributed by atoms with E-state index in [2.05, 4.69) is 4.74 Å². The van der Waals surface area contributed by atoms with Crippen molar-refractivity contribution in [2.75, 3.05) is 13.2 Å². The highest BCUT2D eigenvalue weighted by Crippen LogP contribution is 1.88. The van der Waals surface area contributed by atoms with Crippen LogP contribution < -0.4 is 15.2 Å². The molecule has 0 aromatic heterocycles. The van der Waals surface area contributed by atoms with E-state index >= 15 is 0 Å². The Morgan fingerprint density at radius 1 is 1.56 bits per heavy atom. The van der Waals surface area contributed by atoms with Crippen molar-refractivity contribution in [2.24, 2.45) is 5.73 Å². The summed E-state index contributed by atoms with van der Waals surface area (Å²) in [6, 6.07) is -0.751. The fraction of sp³-hybridized carbons (Fsp3) is 0.857. The van der Waals surface area contributed by atoms with E-state index in [0.717, 1.165) is 0 Å². The van der Waals surface area contributed by atoms with E-state index < -0.39 is 28.4 Å². The molecule has 0 saturated heterocycles. The quantitative estimate of drug-likeness (QED) is 0.446. The molecule has 2 atom stereocenters. The Labute approximate surface area is 94.3 Å². The molecular formula is C7H17N3O5S. The molecule has 0 aliphatic heterocycles. The summed E-state index contributed by atoms with van der Waals surface area (Å²) in [6.07, 6.45) is -1.93. The van der Waals surface area contributed by atoms with Crippen LogP contribution in [0.3, 0.4) is 0 Å². The summed E-state index contributed by atoms with van der Waals surface area (Å²) in [5.74, 6) is 0. The van der Waals surface area contributed by atoms with Gasteiger partial charge in [-0.1, -0.05) is 0 Å². The number of nitrogens with one attached hydrogen (secondary N) is 2. The van der Waals surface area contributed by atoms with E-state index in [1.165, 1.54) is 6.92 Å². The van der Waals surface area contributed by atoms with Crippen molar-refractivity contribution in [2.45, 2.75) is 26.0 Å². The van der Waals surface area contributed by atoms with Gasteiger partial charge in [-0.2, -0.15) is 13.1 Å². The van der Waals surface area contributed by atoms with Gasteiger partial charge in [-0.25, -0.2) is 9.52 Å². The van der Waals surface area contributed by atoms with Gasteiger partial charge in [-0.3, -0.25) is 0 Å². The minimum absolute atomic E-state index is 0.0640. The Morgan fingerprint density at radius 2 is 2.12 bits per heavy atom. The highest BCUT2D eigenvalue weighted by Gasteiger charge is 2.17. The Morgan fingerprint density at radius 3 is 2.56 bits per heavy atom. The number of nitrogens with two attached hydrogens (primary N) is 1. The standard InChI is InChI=1S/C7H17N3O5S/c1-3-15-7(12)10-16(13,14)9-4-6(8)5(2)11/h5-6,9,11H,3-4,8H2,1-2H3,(H,10,12). The number of carbonyl (C=O) groups excluding carboxylic acids is 1. The highest BCUT2D eigenvalue weighted by atomic mass is 32.2. The van der Waals surface area contributed by atoms with Gasteiger partial charge in [-0.05, 0) is 13.8 Å². The van der Waals surface area contributed by atoms with E-state index in [1.807, 2.05) is 4.72 Å². The molecule has 0 fully saturated rings. The third-order valence-electron chi connectivity index (χ3n) is 1.62. The van der Waals surface area contributed by atoms with Crippen molar-refractivity contribution in [3.05, 3.63) is 0 Å². The SMILES string of the molecule is CCOC(=O)NS(=O)(=O)NCC(N)C(C)O. The summed E-state index contributed by atoms with van der Waals surface area (Å²) < 4.78 is 30.4. The van der Waals surface area contributed by atoms with Gasteiger partial charge in [0.2, 0.25) is 0 Å². The molecular weight excluding hydrogens is 238 g/mol. The van der Waals surface area contributed by atoms with Gasteiger partial charge in [0.1, 0.15) is 0 Å². The van der Waals surface area contributed by atoms with Crippen LogP contribution in [-0.2, 0) is 14.9 Å². The van der Waals surface area contributed by atoms with Crippen LogP contribution in [-0.4, -0.2) is 44.9 Å². The normalized spacial score (nSPS) is 15.2. The average Bonchev–Trinajstić information content (AvgIpc) is 2.13. The molecule has 0 rings (SSSR count). The zero-order valence-electron chi connectivity index (χ0n) is 9.13. The van der Waals surface area contributed by atoms with E-state index in [0.29, 0.717) is 0 Å². The lowest BCUT2D eigenvalue weighted by Crippen LogP contribution is -2.48. The second-order valence-corrected chi connectivity index (χ2v) is 4.58. The van der Waals surface area contributed by atoms with Crippen LogP contribution in [0.25, 0.3) is 0 Å². The number of rotatable bonds is 6. The zero-order chi connectivity index (χ0) is 12.8. The summed E-state index contributed by atoms with van der Waals surface area (Å²) in [7, 11) is -4.00. The first-order chi connectivity index (χ1) is 7.28. The number of amides is 1. The topological polar surface area (TPSA) is 131 Å². The van der Waals surface area contributed by atoms with Crippen LogP contribution in [0.5, 0.6) is 0 Å². The summed E-state index contributed by atoms with van der Waals surface area (Å²) in [4.78, 5) is 10.8. The minimum atomic E-state index is -4.00. The molecule has 0 aromatic rings. The van der Waals surface area contributed by atoms with Crippen molar-refractivity contribution >= 4 is 16.3 Å². The number of hydrogen-bond acceptors (Lipinski definition) is 6. The fourth-order valence-electron chi connectivity index (χ4n) is 0.683. The van der Waals surface area contributed by atoms with Crippen LogP contribution in [0, 0.1) is 0 Å². The highest BCUT2D eigenvalue weighted by molar-refractivity contribution is 7.88. The number of ether oxygens (including phenoxy) is 1. The Kier molecular flexibility index (Phi) is 6.26. The van der Waals surface area contributed by atoms with E-state index in [-0.39, 0.29) is 13.2 Å². The first kappa shape index (κ1) is 15.1. The van der Waals surface area contributed by atoms with Gasteiger partial charge in [0.05, 0.1) is 12.7 Å². The van der Waals surface area contributed by atoms with Crippen LogP contribution in [0.4, 0.5) is 4.79 Å². The summed E-state index contributed by atoms with van der Waals surface area (Å²) in [5, 5.41) is 9.01. The predicted octanol–water partition coefficient (Wildman–Crippen LogP) is -1.72. The molecule has 2 unspecified atom stereocenters. The monoisotopic (exact) mass is 255 g/mol. The molecule has 0 aliphatic rings. The third kappa shape index (κ3) is 6.56.